The van der Waals surface area contributed by atoms with Crippen molar-refractivity contribution < 1.29 is 17.9 Å². The van der Waals surface area contributed by atoms with Gasteiger partial charge in [-0.2, -0.15) is 8.78 Å². The molecule has 0 aliphatic carbocycles. The predicted octanol–water partition coefficient (Wildman–Crippen LogP) is 2.37. The minimum atomic E-state index is -3.93. The van der Waals surface area contributed by atoms with E-state index in [-0.39, 0.29) is 5.88 Å². The van der Waals surface area contributed by atoms with Gasteiger partial charge >= 0.3 is 6.11 Å². The molecule has 0 aliphatic rings. The molecular formula is C4H5Cl2F3O. The molecule has 0 saturated carbocycles. The first-order chi connectivity index (χ1) is 4.50. The van der Waals surface area contributed by atoms with Crippen molar-refractivity contribution in [2.45, 2.75) is 11.7 Å². The number of hydrogen-bond donors (Lipinski definition) is 0. The van der Waals surface area contributed by atoms with Crippen molar-refractivity contribution in [1.29, 1.82) is 0 Å². The van der Waals surface area contributed by atoms with Gasteiger partial charge in [0.05, 0.1) is 6.61 Å². The van der Waals surface area contributed by atoms with E-state index in [2.05, 4.69) is 16.3 Å². The summed E-state index contributed by atoms with van der Waals surface area (Å²) in [7, 11) is 0. The highest BCUT2D eigenvalue weighted by Gasteiger charge is 2.40. The maximum atomic E-state index is 11.9. The molecule has 0 bridgehead atoms. The summed E-state index contributed by atoms with van der Waals surface area (Å²) in [5, 5.41) is 0. The van der Waals surface area contributed by atoms with E-state index in [9.17, 15) is 13.2 Å². The summed E-state index contributed by atoms with van der Waals surface area (Å²) in [6.07, 6.45) is -3.93. The summed E-state index contributed by atoms with van der Waals surface area (Å²) in [4.78, 5) is 0. The Morgan fingerprint density at radius 3 is 2.30 bits per heavy atom. The van der Waals surface area contributed by atoms with Gasteiger partial charge in [0.25, 0.3) is 5.63 Å². The monoisotopic (exact) mass is 196 g/mol. The summed E-state index contributed by atoms with van der Waals surface area (Å²) in [6.45, 7) is -0.429. The van der Waals surface area contributed by atoms with Gasteiger partial charge in [0.15, 0.2) is 0 Å². The van der Waals surface area contributed by atoms with Crippen LogP contribution in [0.1, 0.15) is 0 Å². The number of rotatable bonds is 4. The molecule has 1 unspecified atom stereocenters. The largest absolute Gasteiger partial charge is 0.400 e. The molecule has 0 amide bonds. The van der Waals surface area contributed by atoms with Crippen molar-refractivity contribution in [1.82, 2.24) is 0 Å². The summed E-state index contributed by atoms with van der Waals surface area (Å²) in [5.74, 6) is -0.126. The highest BCUT2D eigenvalue weighted by atomic mass is 35.5. The second-order valence-corrected chi connectivity index (χ2v) is 2.16. The summed E-state index contributed by atoms with van der Waals surface area (Å²) >= 11 is 9.41. The Kier molecular flexibility index (Phi) is 4.40. The molecule has 10 heavy (non-hydrogen) atoms. The molecule has 0 spiro atoms. The van der Waals surface area contributed by atoms with Crippen LogP contribution in [0.25, 0.3) is 0 Å². The molecule has 1 atom stereocenters. The van der Waals surface area contributed by atoms with E-state index in [1.54, 1.807) is 0 Å². The molecule has 0 fully saturated rings. The average molecular weight is 197 g/mol. The third-order valence-corrected chi connectivity index (χ3v) is 1.03. The van der Waals surface area contributed by atoms with Crippen molar-refractivity contribution in [2.24, 2.45) is 0 Å². The van der Waals surface area contributed by atoms with E-state index < -0.39 is 18.3 Å². The number of hydrogen-bond acceptors (Lipinski definition) is 1. The molecule has 0 rings (SSSR count). The number of halogens is 5. The molecule has 6 heteroatoms. The lowest BCUT2D eigenvalue weighted by molar-refractivity contribution is -0.253. The van der Waals surface area contributed by atoms with Crippen LogP contribution in [0.15, 0.2) is 0 Å². The zero-order valence-corrected chi connectivity index (χ0v) is 6.30. The SMILES string of the molecule is FC(Cl)C(F)(F)OCCCl. The molecule has 0 aromatic heterocycles. The molecule has 0 aromatic rings. The third kappa shape index (κ3) is 3.49. The lowest BCUT2D eigenvalue weighted by atomic mass is 10.7. The fraction of sp³-hybridized carbons (Fsp3) is 1.00. The van der Waals surface area contributed by atoms with Crippen LogP contribution in [0.2, 0.25) is 0 Å². The Labute approximate surface area is 66.1 Å². The van der Waals surface area contributed by atoms with Gasteiger partial charge in [-0.1, -0.05) is 11.6 Å². The Bertz CT molecular complexity index is 98.5. The van der Waals surface area contributed by atoms with Gasteiger partial charge in [-0.15, -0.1) is 11.6 Å². The fourth-order valence-electron chi connectivity index (χ4n) is 0.238. The summed E-state index contributed by atoms with van der Waals surface area (Å²) in [5.41, 5.74) is -2.82. The number of alkyl halides is 5. The molecule has 1 nitrogen and oxygen atoms in total. The van der Waals surface area contributed by atoms with Gasteiger partial charge in [0, 0.05) is 5.88 Å². The first-order valence-corrected chi connectivity index (χ1v) is 3.33. The van der Waals surface area contributed by atoms with Crippen molar-refractivity contribution in [3.8, 4) is 0 Å². The summed E-state index contributed by atoms with van der Waals surface area (Å²) < 4.78 is 39.2. The van der Waals surface area contributed by atoms with Gasteiger partial charge in [0.2, 0.25) is 0 Å². The fourth-order valence-corrected chi connectivity index (χ4v) is 0.378. The molecule has 0 aromatic carbocycles. The quantitative estimate of drug-likeness (QED) is 0.628. The molecule has 0 saturated heterocycles. The third-order valence-electron chi connectivity index (χ3n) is 0.626. The van der Waals surface area contributed by atoms with Gasteiger partial charge < -0.3 is 4.74 Å². The topological polar surface area (TPSA) is 9.23 Å². The molecule has 0 radical (unpaired) electrons. The minimum absolute atomic E-state index is 0.126. The van der Waals surface area contributed by atoms with Crippen molar-refractivity contribution in [2.75, 3.05) is 12.5 Å². The van der Waals surface area contributed by atoms with Gasteiger partial charge in [-0.05, 0) is 0 Å². The summed E-state index contributed by atoms with van der Waals surface area (Å²) in [6, 6.07) is 0. The highest BCUT2D eigenvalue weighted by Crippen LogP contribution is 2.25. The lowest BCUT2D eigenvalue weighted by Crippen LogP contribution is -2.30. The van der Waals surface area contributed by atoms with Gasteiger partial charge in [0.1, 0.15) is 0 Å². The normalized spacial score (nSPS) is 15.3. The van der Waals surface area contributed by atoms with Crippen molar-refractivity contribution in [3.63, 3.8) is 0 Å². The van der Waals surface area contributed by atoms with Crippen LogP contribution in [0, 0.1) is 0 Å². The van der Waals surface area contributed by atoms with Crippen molar-refractivity contribution >= 4 is 23.2 Å². The van der Waals surface area contributed by atoms with Crippen LogP contribution in [0.5, 0.6) is 0 Å². The molecule has 62 valence electrons. The van der Waals surface area contributed by atoms with Crippen LogP contribution < -0.4 is 0 Å². The van der Waals surface area contributed by atoms with Gasteiger partial charge in [-0.25, -0.2) is 4.39 Å². The Balaban J connectivity index is 3.63. The number of ether oxygens (including phenoxy) is 1. The Morgan fingerprint density at radius 2 is 2.00 bits per heavy atom. The molecule has 0 N–H and O–H groups in total. The van der Waals surface area contributed by atoms with E-state index in [0.29, 0.717) is 0 Å². The minimum Gasteiger partial charge on any atom is -0.316 e. The van der Waals surface area contributed by atoms with E-state index >= 15 is 0 Å². The standard InChI is InChI=1S/C4H5Cl2F3O/c5-1-2-10-4(8,9)3(6)7/h3H,1-2H2. The van der Waals surface area contributed by atoms with Crippen LogP contribution >= 0.6 is 23.2 Å². The first kappa shape index (κ1) is 10.3. The molecule has 0 heterocycles. The average Bonchev–Trinajstić information content (AvgIpc) is 1.84. The zero-order chi connectivity index (χ0) is 8.20. The highest BCUT2D eigenvalue weighted by molar-refractivity contribution is 6.20. The van der Waals surface area contributed by atoms with E-state index in [4.69, 9.17) is 11.6 Å². The van der Waals surface area contributed by atoms with Gasteiger partial charge in [-0.3, -0.25) is 0 Å². The van der Waals surface area contributed by atoms with E-state index in [1.165, 1.54) is 0 Å². The Hall–Kier alpha value is 0.330. The van der Waals surface area contributed by atoms with Crippen molar-refractivity contribution in [3.05, 3.63) is 0 Å². The van der Waals surface area contributed by atoms with E-state index in [1.807, 2.05) is 0 Å². The van der Waals surface area contributed by atoms with Crippen LogP contribution in [-0.2, 0) is 4.74 Å². The molecular weight excluding hydrogens is 192 g/mol. The first-order valence-electron chi connectivity index (χ1n) is 2.36. The maximum Gasteiger partial charge on any atom is 0.400 e. The zero-order valence-electron chi connectivity index (χ0n) is 4.79. The maximum absolute atomic E-state index is 11.9. The predicted molar refractivity (Wildman–Crippen MR) is 32.4 cm³/mol. The molecule has 0 aliphatic heterocycles. The second-order valence-electron chi connectivity index (χ2n) is 1.40. The second kappa shape index (κ2) is 4.26. The van der Waals surface area contributed by atoms with E-state index in [0.717, 1.165) is 0 Å². The lowest BCUT2D eigenvalue weighted by Gasteiger charge is -2.14. The smallest absolute Gasteiger partial charge is 0.316 e. The van der Waals surface area contributed by atoms with Crippen LogP contribution in [0.4, 0.5) is 13.2 Å². The van der Waals surface area contributed by atoms with Crippen LogP contribution in [-0.4, -0.2) is 24.2 Å². The van der Waals surface area contributed by atoms with Crippen LogP contribution in [0.3, 0.4) is 0 Å². The Morgan fingerprint density at radius 1 is 1.50 bits per heavy atom.